The summed E-state index contributed by atoms with van der Waals surface area (Å²) in [5, 5.41) is 13.9. The molecule has 19 heavy (non-hydrogen) atoms. The molecule has 0 aliphatic heterocycles. The van der Waals surface area contributed by atoms with Gasteiger partial charge in [0.25, 0.3) is 5.69 Å². The highest BCUT2D eigenvalue weighted by Crippen LogP contribution is 2.46. The largest absolute Gasteiger partial charge is 0.376 e. The van der Waals surface area contributed by atoms with Crippen LogP contribution < -0.4 is 5.32 Å². The van der Waals surface area contributed by atoms with Crippen molar-refractivity contribution < 1.29 is 9.31 Å². The predicted molar refractivity (Wildman–Crippen MR) is 70.9 cm³/mol. The van der Waals surface area contributed by atoms with Gasteiger partial charge in [0.1, 0.15) is 11.5 Å². The van der Waals surface area contributed by atoms with Crippen LogP contribution in [0.25, 0.3) is 0 Å². The topological polar surface area (TPSA) is 55.2 Å². The van der Waals surface area contributed by atoms with Crippen molar-refractivity contribution in [2.24, 2.45) is 11.8 Å². The lowest BCUT2D eigenvalue weighted by molar-refractivity contribution is -0.384. The summed E-state index contributed by atoms with van der Waals surface area (Å²) >= 11 is 5.60. The Bertz CT molecular complexity index is 538. The molecule has 6 heteroatoms. The number of nitrogens with one attached hydrogen (secondary N) is 1. The number of fused-ring (bicyclic) bond motifs is 2. The van der Waals surface area contributed by atoms with Crippen LogP contribution in [0.5, 0.6) is 0 Å². The van der Waals surface area contributed by atoms with Gasteiger partial charge in [-0.1, -0.05) is 18.0 Å². The van der Waals surface area contributed by atoms with Crippen molar-refractivity contribution in [2.45, 2.75) is 31.7 Å². The molecule has 0 amide bonds. The lowest BCUT2D eigenvalue weighted by Gasteiger charge is -2.23. The van der Waals surface area contributed by atoms with Crippen molar-refractivity contribution in [1.29, 1.82) is 0 Å². The molecule has 3 unspecified atom stereocenters. The number of rotatable bonds is 3. The van der Waals surface area contributed by atoms with E-state index >= 15 is 0 Å². The summed E-state index contributed by atoms with van der Waals surface area (Å²) in [6.45, 7) is 0. The highest BCUT2D eigenvalue weighted by Gasteiger charge is 2.40. The minimum atomic E-state index is -0.627. The second-order valence-corrected chi connectivity index (χ2v) is 5.87. The molecule has 1 N–H and O–H groups in total. The van der Waals surface area contributed by atoms with Crippen LogP contribution in [-0.4, -0.2) is 11.0 Å². The van der Waals surface area contributed by atoms with Gasteiger partial charge in [-0.3, -0.25) is 10.1 Å². The van der Waals surface area contributed by atoms with E-state index in [1.165, 1.54) is 12.8 Å². The van der Waals surface area contributed by atoms with Crippen molar-refractivity contribution in [3.8, 4) is 0 Å². The van der Waals surface area contributed by atoms with Crippen molar-refractivity contribution in [3.05, 3.63) is 33.1 Å². The van der Waals surface area contributed by atoms with Gasteiger partial charge in [0.15, 0.2) is 0 Å². The number of hydrogen-bond acceptors (Lipinski definition) is 3. The molecule has 2 saturated carbocycles. The first kappa shape index (κ1) is 12.7. The quantitative estimate of drug-likeness (QED) is 0.674. The molecule has 2 aliphatic carbocycles. The Morgan fingerprint density at radius 1 is 1.37 bits per heavy atom. The van der Waals surface area contributed by atoms with Gasteiger partial charge >= 0.3 is 0 Å². The average Bonchev–Trinajstić information content (AvgIpc) is 2.95. The molecule has 3 rings (SSSR count). The molecule has 0 saturated heterocycles. The van der Waals surface area contributed by atoms with Gasteiger partial charge in [-0.25, -0.2) is 4.39 Å². The van der Waals surface area contributed by atoms with Crippen LogP contribution in [0.1, 0.15) is 25.7 Å². The zero-order chi connectivity index (χ0) is 13.6. The van der Waals surface area contributed by atoms with Crippen molar-refractivity contribution in [3.63, 3.8) is 0 Å². The molecule has 102 valence electrons. The second kappa shape index (κ2) is 4.63. The van der Waals surface area contributed by atoms with Crippen molar-refractivity contribution in [2.75, 3.05) is 5.32 Å². The van der Waals surface area contributed by atoms with Crippen LogP contribution in [0.2, 0.25) is 5.02 Å². The zero-order valence-electron chi connectivity index (χ0n) is 10.2. The smallest absolute Gasteiger partial charge is 0.294 e. The summed E-state index contributed by atoms with van der Waals surface area (Å²) in [4.78, 5) is 10.5. The predicted octanol–water partition coefficient (Wildman–Crippen LogP) is 3.99. The standard InChI is InChI=1S/C13H14ClFN2O2/c14-9-5-13(17(18)19)12(6-10(9)15)16-11-4-7-1-2-8(11)3-7/h5-8,11,16H,1-4H2. The normalized spacial score (nSPS) is 28.6. The van der Waals surface area contributed by atoms with Gasteiger partial charge in [0.2, 0.25) is 0 Å². The van der Waals surface area contributed by atoms with Crippen LogP contribution in [0, 0.1) is 27.8 Å². The summed E-state index contributed by atoms with van der Waals surface area (Å²) in [6.07, 6.45) is 4.61. The molecule has 1 aromatic rings. The van der Waals surface area contributed by atoms with E-state index in [1.807, 2.05) is 0 Å². The Morgan fingerprint density at radius 2 is 2.16 bits per heavy atom. The lowest BCUT2D eigenvalue weighted by atomic mass is 9.95. The molecule has 2 bridgehead atoms. The number of hydrogen-bond donors (Lipinski definition) is 1. The molecular formula is C13H14ClFN2O2. The van der Waals surface area contributed by atoms with E-state index in [1.54, 1.807) is 0 Å². The molecule has 4 nitrogen and oxygen atoms in total. The molecule has 1 aromatic carbocycles. The highest BCUT2D eigenvalue weighted by molar-refractivity contribution is 6.31. The number of nitro groups is 1. The minimum absolute atomic E-state index is 0.158. The monoisotopic (exact) mass is 284 g/mol. The maximum Gasteiger partial charge on any atom is 0.294 e. The maximum atomic E-state index is 13.5. The van der Waals surface area contributed by atoms with Crippen LogP contribution in [-0.2, 0) is 0 Å². The van der Waals surface area contributed by atoms with Crippen LogP contribution >= 0.6 is 11.6 Å². The number of benzene rings is 1. The molecule has 0 spiro atoms. The van der Waals surface area contributed by atoms with Gasteiger partial charge in [-0.2, -0.15) is 0 Å². The van der Waals surface area contributed by atoms with Crippen molar-refractivity contribution in [1.82, 2.24) is 0 Å². The van der Waals surface area contributed by atoms with Gasteiger partial charge in [-0.15, -0.1) is 0 Å². The van der Waals surface area contributed by atoms with Gasteiger partial charge in [-0.05, 0) is 31.1 Å². The number of nitro benzene ring substituents is 1. The zero-order valence-corrected chi connectivity index (χ0v) is 11.0. The van der Waals surface area contributed by atoms with E-state index in [9.17, 15) is 14.5 Å². The Morgan fingerprint density at radius 3 is 2.74 bits per heavy atom. The summed E-state index contributed by atoms with van der Waals surface area (Å²) in [7, 11) is 0. The fourth-order valence-electron chi connectivity index (χ4n) is 3.42. The fourth-order valence-corrected chi connectivity index (χ4v) is 3.58. The van der Waals surface area contributed by atoms with Crippen LogP contribution in [0.15, 0.2) is 12.1 Å². The number of nitrogens with zero attached hydrogens (tertiary/aromatic N) is 1. The molecule has 0 heterocycles. The van der Waals surface area contributed by atoms with Crippen LogP contribution in [0.4, 0.5) is 15.8 Å². The van der Waals surface area contributed by atoms with E-state index in [2.05, 4.69) is 5.32 Å². The number of halogens is 2. The number of anilines is 1. The fraction of sp³-hybridized carbons (Fsp3) is 0.538. The van der Waals surface area contributed by atoms with E-state index in [4.69, 9.17) is 11.6 Å². The molecule has 0 aromatic heterocycles. The Balaban J connectivity index is 1.87. The minimum Gasteiger partial charge on any atom is -0.376 e. The van der Waals surface area contributed by atoms with Crippen LogP contribution in [0.3, 0.4) is 0 Å². The molecule has 0 radical (unpaired) electrons. The Hall–Kier alpha value is -1.36. The highest BCUT2D eigenvalue weighted by atomic mass is 35.5. The van der Waals surface area contributed by atoms with Gasteiger partial charge < -0.3 is 5.32 Å². The third kappa shape index (κ3) is 2.27. The molecule has 2 aliphatic rings. The lowest BCUT2D eigenvalue weighted by Crippen LogP contribution is -2.26. The first-order valence-electron chi connectivity index (χ1n) is 6.44. The van der Waals surface area contributed by atoms with E-state index in [-0.39, 0.29) is 22.4 Å². The average molecular weight is 285 g/mol. The Labute approximate surface area is 115 Å². The molecule has 2 fully saturated rings. The first-order chi connectivity index (χ1) is 9.04. The maximum absolute atomic E-state index is 13.5. The summed E-state index contributed by atoms with van der Waals surface area (Å²) in [5.74, 6) is 0.653. The second-order valence-electron chi connectivity index (χ2n) is 5.47. The summed E-state index contributed by atoms with van der Waals surface area (Å²) in [5.41, 5.74) is 0.0821. The SMILES string of the molecule is O=[N+]([O-])c1cc(Cl)c(F)cc1NC1CC2CCC1C2. The Kier molecular flexibility index (Phi) is 3.09. The first-order valence-corrected chi connectivity index (χ1v) is 6.82. The molecule has 3 atom stereocenters. The third-order valence-corrected chi connectivity index (χ3v) is 4.60. The van der Waals surface area contributed by atoms with Gasteiger partial charge in [0.05, 0.1) is 9.95 Å². The van der Waals surface area contributed by atoms with E-state index in [0.717, 1.165) is 30.9 Å². The van der Waals surface area contributed by atoms with Gasteiger partial charge in [0, 0.05) is 18.2 Å². The van der Waals surface area contributed by atoms with E-state index < -0.39 is 10.7 Å². The van der Waals surface area contributed by atoms with E-state index in [0.29, 0.717) is 5.92 Å². The summed E-state index contributed by atoms with van der Waals surface area (Å²) < 4.78 is 13.5. The summed E-state index contributed by atoms with van der Waals surface area (Å²) in [6, 6.07) is 2.43. The van der Waals surface area contributed by atoms with Crippen molar-refractivity contribution >= 4 is 23.0 Å². The third-order valence-electron chi connectivity index (χ3n) is 4.31. The molecular weight excluding hydrogens is 271 g/mol.